The molecule has 0 atom stereocenters. The number of hydrogen-bond donors (Lipinski definition) is 1. The van der Waals surface area contributed by atoms with Gasteiger partial charge in [0, 0.05) is 5.56 Å². The van der Waals surface area contributed by atoms with E-state index in [9.17, 15) is 5.21 Å². The lowest BCUT2D eigenvalue weighted by atomic mass is 9.80. The first-order valence-electron chi connectivity index (χ1n) is 7.39. The first-order valence-corrected chi connectivity index (χ1v) is 7.39. The highest BCUT2D eigenvalue weighted by atomic mass is 16.4. The standard InChI is InChI=1S/C17H25NO/c1-4-14-9-7-8-13(2)16(14)15(18-19)12-17(3)10-5-6-11-17/h7-9,19H,4-6,10-12H2,1-3H3/b18-15+. The number of aryl methyl sites for hydroxylation is 2. The maximum atomic E-state index is 9.49. The molecule has 0 heterocycles. The number of nitrogens with zero attached hydrogens (tertiary/aromatic N) is 1. The van der Waals surface area contributed by atoms with E-state index in [-0.39, 0.29) is 0 Å². The van der Waals surface area contributed by atoms with Gasteiger partial charge < -0.3 is 5.21 Å². The highest BCUT2D eigenvalue weighted by Crippen LogP contribution is 2.41. The van der Waals surface area contributed by atoms with Crippen LogP contribution in [0.1, 0.15) is 62.6 Å². The fraction of sp³-hybridized carbons (Fsp3) is 0.588. The van der Waals surface area contributed by atoms with Gasteiger partial charge in [-0.3, -0.25) is 0 Å². The molecule has 104 valence electrons. The smallest absolute Gasteiger partial charge is 0.0878 e. The Morgan fingerprint density at radius 2 is 2.00 bits per heavy atom. The van der Waals surface area contributed by atoms with Crippen molar-refractivity contribution in [2.45, 2.75) is 59.3 Å². The molecular weight excluding hydrogens is 234 g/mol. The van der Waals surface area contributed by atoms with Crippen molar-refractivity contribution < 1.29 is 5.21 Å². The van der Waals surface area contributed by atoms with Crippen LogP contribution in [0, 0.1) is 12.3 Å². The van der Waals surface area contributed by atoms with Crippen LogP contribution in [0.4, 0.5) is 0 Å². The minimum atomic E-state index is 0.314. The minimum absolute atomic E-state index is 0.314. The summed E-state index contributed by atoms with van der Waals surface area (Å²) in [6.07, 6.45) is 6.99. The number of benzene rings is 1. The van der Waals surface area contributed by atoms with Gasteiger partial charge >= 0.3 is 0 Å². The Labute approximate surface area is 116 Å². The lowest BCUT2D eigenvalue weighted by Crippen LogP contribution is -2.19. The second kappa shape index (κ2) is 5.77. The maximum Gasteiger partial charge on any atom is 0.0878 e. The zero-order valence-corrected chi connectivity index (χ0v) is 12.4. The molecule has 1 aromatic rings. The monoisotopic (exact) mass is 259 g/mol. The summed E-state index contributed by atoms with van der Waals surface area (Å²) in [7, 11) is 0. The van der Waals surface area contributed by atoms with E-state index in [1.165, 1.54) is 42.4 Å². The Morgan fingerprint density at radius 3 is 2.58 bits per heavy atom. The molecule has 2 nitrogen and oxygen atoms in total. The molecule has 1 N–H and O–H groups in total. The average molecular weight is 259 g/mol. The van der Waals surface area contributed by atoms with Gasteiger partial charge in [0.15, 0.2) is 0 Å². The van der Waals surface area contributed by atoms with Crippen LogP contribution in [-0.4, -0.2) is 10.9 Å². The van der Waals surface area contributed by atoms with Crippen molar-refractivity contribution in [1.29, 1.82) is 0 Å². The van der Waals surface area contributed by atoms with Crippen molar-refractivity contribution in [3.63, 3.8) is 0 Å². The topological polar surface area (TPSA) is 32.6 Å². The maximum absolute atomic E-state index is 9.49. The average Bonchev–Trinajstić information content (AvgIpc) is 2.83. The molecule has 2 heteroatoms. The van der Waals surface area contributed by atoms with Crippen LogP contribution in [0.15, 0.2) is 23.4 Å². The summed E-state index contributed by atoms with van der Waals surface area (Å²) in [6.45, 7) is 6.59. The summed E-state index contributed by atoms with van der Waals surface area (Å²) < 4.78 is 0. The van der Waals surface area contributed by atoms with Crippen LogP contribution < -0.4 is 0 Å². The lowest BCUT2D eigenvalue weighted by molar-refractivity contribution is 0.305. The number of rotatable bonds is 4. The molecular formula is C17H25NO. The molecule has 1 aliphatic carbocycles. The highest BCUT2D eigenvalue weighted by molar-refractivity contribution is 6.03. The predicted octanol–water partition coefficient (Wildman–Crippen LogP) is 4.71. The van der Waals surface area contributed by atoms with Gasteiger partial charge in [0.25, 0.3) is 0 Å². The summed E-state index contributed by atoms with van der Waals surface area (Å²) in [5, 5.41) is 13.1. The van der Waals surface area contributed by atoms with Crippen molar-refractivity contribution in [3.05, 3.63) is 34.9 Å². The van der Waals surface area contributed by atoms with Crippen LogP contribution >= 0.6 is 0 Å². The molecule has 1 aromatic carbocycles. The fourth-order valence-electron chi connectivity index (χ4n) is 3.42. The summed E-state index contributed by atoms with van der Waals surface area (Å²) in [5.74, 6) is 0. The van der Waals surface area contributed by atoms with E-state index < -0.39 is 0 Å². The quantitative estimate of drug-likeness (QED) is 0.474. The molecule has 2 rings (SSSR count). The fourth-order valence-corrected chi connectivity index (χ4v) is 3.42. The van der Waals surface area contributed by atoms with E-state index in [2.05, 4.69) is 44.1 Å². The number of hydrogen-bond acceptors (Lipinski definition) is 2. The Hall–Kier alpha value is -1.31. The molecule has 0 amide bonds. The number of oxime groups is 1. The zero-order chi connectivity index (χ0) is 13.9. The summed E-state index contributed by atoms with van der Waals surface area (Å²) in [5.41, 5.74) is 4.86. The van der Waals surface area contributed by atoms with E-state index in [1.54, 1.807) is 0 Å². The second-order valence-electron chi connectivity index (χ2n) is 6.20. The highest BCUT2D eigenvalue weighted by Gasteiger charge is 2.31. The lowest BCUT2D eigenvalue weighted by Gasteiger charge is -2.25. The second-order valence-corrected chi connectivity index (χ2v) is 6.20. The van der Waals surface area contributed by atoms with Crippen LogP contribution in [0.2, 0.25) is 0 Å². The Morgan fingerprint density at radius 1 is 1.32 bits per heavy atom. The van der Waals surface area contributed by atoms with Gasteiger partial charge in [0.1, 0.15) is 0 Å². The molecule has 0 aromatic heterocycles. The van der Waals surface area contributed by atoms with Crippen LogP contribution in [0.25, 0.3) is 0 Å². The third-order valence-corrected chi connectivity index (χ3v) is 4.55. The first-order chi connectivity index (χ1) is 9.09. The summed E-state index contributed by atoms with van der Waals surface area (Å²) in [4.78, 5) is 0. The molecule has 19 heavy (non-hydrogen) atoms. The van der Waals surface area contributed by atoms with E-state index in [4.69, 9.17) is 0 Å². The van der Waals surface area contributed by atoms with E-state index in [0.717, 1.165) is 18.6 Å². The van der Waals surface area contributed by atoms with E-state index in [0.29, 0.717) is 5.41 Å². The third-order valence-electron chi connectivity index (χ3n) is 4.55. The van der Waals surface area contributed by atoms with Crippen molar-refractivity contribution in [2.75, 3.05) is 0 Å². The van der Waals surface area contributed by atoms with Gasteiger partial charge in [-0.05, 0) is 49.1 Å². The molecule has 1 fully saturated rings. The van der Waals surface area contributed by atoms with Gasteiger partial charge in [-0.25, -0.2) is 0 Å². The van der Waals surface area contributed by atoms with E-state index >= 15 is 0 Å². The van der Waals surface area contributed by atoms with E-state index in [1.807, 2.05) is 0 Å². The van der Waals surface area contributed by atoms with Gasteiger partial charge in [-0.2, -0.15) is 0 Å². The minimum Gasteiger partial charge on any atom is -0.411 e. The molecule has 0 unspecified atom stereocenters. The van der Waals surface area contributed by atoms with Gasteiger partial charge in [-0.15, -0.1) is 0 Å². The molecule has 0 radical (unpaired) electrons. The zero-order valence-electron chi connectivity index (χ0n) is 12.4. The molecule has 0 spiro atoms. The largest absolute Gasteiger partial charge is 0.411 e. The van der Waals surface area contributed by atoms with Crippen LogP contribution in [-0.2, 0) is 6.42 Å². The van der Waals surface area contributed by atoms with Gasteiger partial charge in [0.2, 0.25) is 0 Å². The predicted molar refractivity (Wildman–Crippen MR) is 80.1 cm³/mol. The Kier molecular flexibility index (Phi) is 4.28. The van der Waals surface area contributed by atoms with Crippen molar-refractivity contribution in [3.8, 4) is 0 Å². The summed E-state index contributed by atoms with van der Waals surface area (Å²) >= 11 is 0. The molecule has 1 saturated carbocycles. The first kappa shape index (κ1) is 14.1. The Balaban J connectivity index is 2.33. The van der Waals surface area contributed by atoms with Crippen LogP contribution in [0.3, 0.4) is 0 Å². The SMILES string of the molecule is CCc1cccc(C)c1/C(CC1(C)CCCC1)=N/O. The van der Waals surface area contributed by atoms with Gasteiger partial charge in [-0.1, -0.05) is 50.0 Å². The third kappa shape index (κ3) is 2.99. The Bertz CT molecular complexity index is 470. The van der Waals surface area contributed by atoms with Crippen molar-refractivity contribution >= 4 is 5.71 Å². The molecule has 0 bridgehead atoms. The summed E-state index contributed by atoms with van der Waals surface area (Å²) in [6, 6.07) is 6.34. The molecule has 1 aliphatic rings. The van der Waals surface area contributed by atoms with Gasteiger partial charge in [0.05, 0.1) is 5.71 Å². The van der Waals surface area contributed by atoms with Crippen molar-refractivity contribution in [1.82, 2.24) is 0 Å². The molecule has 0 saturated heterocycles. The normalized spacial score (nSPS) is 18.8. The van der Waals surface area contributed by atoms with Crippen LogP contribution in [0.5, 0.6) is 0 Å². The van der Waals surface area contributed by atoms with Crippen molar-refractivity contribution in [2.24, 2.45) is 10.6 Å². The molecule has 0 aliphatic heterocycles.